The van der Waals surface area contributed by atoms with E-state index < -0.39 is 0 Å². The summed E-state index contributed by atoms with van der Waals surface area (Å²) in [5.74, 6) is 4.29. The van der Waals surface area contributed by atoms with E-state index in [9.17, 15) is 0 Å². The van der Waals surface area contributed by atoms with E-state index in [1.54, 1.807) is 24.8 Å². The largest absolute Gasteiger partial charge is 0.493 e. The van der Waals surface area contributed by atoms with Crippen molar-refractivity contribution in [2.24, 2.45) is 17.8 Å². The average Bonchev–Trinajstić information content (AvgIpc) is 3.43. The molecule has 3 heterocycles. The monoisotopic (exact) mass is 358 g/mol. The Balaban J connectivity index is 1.18. The number of halogens is 1. The van der Waals surface area contributed by atoms with Crippen LogP contribution in [0.25, 0.3) is 0 Å². The molecule has 4 rings (SSSR count). The van der Waals surface area contributed by atoms with Crippen molar-refractivity contribution in [2.45, 2.75) is 25.7 Å². The van der Waals surface area contributed by atoms with E-state index in [1.165, 1.54) is 19.3 Å². The second kappa shape index (κ2) is 7.56. The number of pyridine rings is 1. The van der Waals surface area contributed by atoms with Gasteiger partial charge in [-0.05, 0) is 55.6 Å². The van der Waals surface area contributed by atoms with Crippen LogP contribution in [0.1, 0.15) is 25.7 Å². The zero-order chi connectivity index (χ0) is 17.1. The molecule has 6 heteroatoms. The van der Waals surface area contributed by atoms with Crippen molar-refractivity contribution >= 4 is 17.5 Å². The van der Waals surface area contributed by atoms with Gasteiger partial charge >= 0.3 is 0 Å². The normalized spacial score (nSPS) is 23.5. The Morgan fingerprint density at radius 3 is 2.56 bits per heavy atom. The van der Waals surface area contributed by atoms with Crippen LogP contribution in [0.2, 0.25) is 5.02 Å². The number of hydrogen-bond donors (Lipinski definition) is 0. The quantitative estimate of drug-likeness (QED) is 0.785. The van der Waals surface area contributed by atoms with Crippen LogP contribution in [-0.2, 0) is 0 Å². The van der Waals surface area contributed by atoms with Crippen molar-refractivity contribution < 1.29 is 4.74 Å². The van der Waals surface area contributed by atoms with E-state index in [-0.39, 0.29) is 0 Å². The van der Waals surface area contributed by atoms with Crippen LogP contribution in [0.5, 0.6) is 5.75 Å². The van der Waals surface area contributed by atoms with Gasteiger partial charge in [-0.2, -0.15) is 0 Å². The van der Waals surface area contributed by atoms with Crippen molar-refractivity contribution in [3.63, 3.8) is 0 Å². The zero-order valence-corrected chi connectivity index (χ0v) is 15.0. The summed E-state index contributed by atoms with van der Waals surface area (Å²) in [4.78, 5) is 14.9. The Kier molecular flexibility index (Phi) is 5.02. The van der Waals surface area contributed by atoms with Crippen molar-refractivity contribution in [3.05, 3.63) is 41.9 Å². The number of anilines is 1. The highest BCUT2D eigenvalue weighted by Gasteiger charge is 2.43. The Labute approximate surface area is 153 Å². The highest BCUT2D eigenvalue weighted by Crippen LogP contribution is 2.49. The molecule has 25 heavy (non-hydrogen) atoms. The lowest BCUT2D eigenvalue weighted by Crippen LogP contribution is -2.35. The van der Waals surface area contributed by atoms with Crippen molar-refractivity contribution in [1.82, 2.24) is 15.0 Å². The third kappa shape index (κ3) is 4.21. The van der Waals surface area contributed by atoms with E-state index in [4.69, 9.17) is 16.3 Å². The molecule has 0 aromatic carbocycles. The summed E-state index contributed by atoms with van der Waals surface area (Å²) in [6, 6.07) is 3.83. The lowest BCUT2D eigenvalue weighted by atomic mass is 9.90. The molecule has 0 spiro atoms. The Bertz CT molecular complexity index is 674. The third-order valence-corrected chi connectivity index (χ3v) is 5.61. The van der Waals surface area contributed by atoms with Crippen LogP contribution < -0.4 is 9.64 Å². The van der Waals surface area contributed by atoms with Crippen LogP contribution in [0, 0.1) is 17.8 Å². The van der Waals surface area contributed by atoms with Crippen molar-refractivity contribution in [1.29, 1.82) is 0 Å². The highest BCUT2D eigenvalue weighted by molar-refractivity contribution is 6.30. The van der Waals surface area contributed by atoms with Gasteiger partial charge in [-0.15, -0.1) is 0 Å². The molecule has 2 unspecified atom stereocenters. The maximum atomic E-state index is 5.86. The average molecular weight is 359 g/mol. The van der Waals surface area contributed by atoms with Gasteiger partial charge in [-0.25, -0.2) is 9.97 Å². The predicted octanol–water partition coefficient (Wildman–Crippen LogP) is 3.85. The minimum Gasteiger partial charge on any atom is -0.493 e. The fourth-order valence-corrected chi connectivity index (χ4v) is 4.04. The van der Waals surface area contributed by atoms with E-state index in [2.05, 4.69) is 19.9 Å². The van der Waals surface area contributed by atoms with Crippen molar-refractivity contribution in [2.75, 3.05) is 24.6 Å². The maximum absolute atomic E-state index is 5.86. The van der Waals surface area contributed by atoms with Crippen LogP contribution in [0.3, 0.4) is 0 Å². The van der Waals surface area contributed by atoms with Gasteiger partial charge in [0.2, 0.25) is 5.95 Å². The minimum atomic E-state index is 0.591. The Morgan fingerprint density at radius 2 is 1.84 bits per heavy atom. The van der Waals surface area contributed by atoms with Crippen molar-refractivity contribution in [3.8, 4) is 5.75 Å². The molecule has 1 saturated heterocycles. The number of aromatic nitrogens is 3. The molecule has 1 aliphatic carbocycles. The van der Waals surface area contributed by atoms with Gasteiger partial charge in [0.05, 0.1) is 24.0 Å². The number of ether oxygens (including phenoxy) is 1. The van der Waals surface area contributed by atoms with Gasteiger partial charge in [0.1, 0.15) is 5.75 Å². The summed E-state index contributed by atoms with van der Waals surface area (Å²) in [6.45, 7) is 2.90. The first-order valence-electron chi connectivity index (χ1n) is 9.05. The molecule has 1 saturated carbocycles. The lowest BCUT2D eigenvalue weighted by molar-refractivity contribution is 0.284. The molecule has 132 valence electrons. The van der Waals surface area contributed by atoms with E-state index in [0.717, 1.165) is 55.6 Å². The highest BCUT2D eigenvalue weighted by atomic mass is 35.5. The minimum absolute atomic E-state index is 0.591. The fourth-order valence-electron chi connectivity index (χ4n) is 3.94. The van der Waals surface area contributed by atoms with E-state index in [1.807, 2.05) is 12.1 Å². The lowest BCUT2D eigenvalue weighted by Gasteiger charge is -2.32. The fraction of sp³-hybridized carbons (Fsp3) is 0.526. The molecule has 1 aliphatic heterocycles. The number of hydrogen-bond acceptors (Lipinski definition) is 5. The maximum Gasteiger partial charge on any atom is 0.225 e. The molecule has 2 aromatic heterocycles. The van der Waals surface area contributed by atoms with Crippen LogP contribution in [0.4, 0.5) is 5.95 Å². The van der Waals surface area contributed by atoms with Gasteiger partial charge in [-0.3, -0.25) is 4.98 Å². The molecule has 2 atom stereocenters. The summed E-state index contributed by atoms with van der Waals surface area (Å²) in [5, 5.41) is 0.591. The van der Waals surface area contributed by atoms with Crippen LogP contribution >= 0.6 is 11.6 Å². The van der Waals surface area contributed by atoms with Crippen LogP contribution in [0.15, 0.2) is 36.9 Å². The first-order chi connectivity index (χ1) is 12.3. The van der Waals surface area contributed by atoms with Gasteiger partial charge < -0.3 is 9.64 Å². The molecule has 0 bridgehead atoms. The topological polar surface area (TPSA) is 51.1 Å². The molecule has 2 aromatic rings. The molecule has 5 nitrogen and oxygen atoms in total. The molecular formula is C19H23ClN4O. The summed E-state index contributed by atoms with van der Waals surface area (Å²) in [5.41, 5.74) is 0. The number of piperidine rings is 1. The molecule has 2 aliphatic rings. The Hall–Kier alpha value is -1.88. The predicted molar refractivity (Wildman–Crippen MR) is 97.9 cm³/mol. The van der Waals surface area contributed by atoms with E-state index >= 15 is 0 Å². The molecular weight excluding hydrogens is 336 g/mol. The third-order valence-electron chi connectivity index (χ3n) is 5.42. The summed E-state index contributed by atoms with van der Waals surface area (Å²) >= 11 is 5.86. The SMILES string of the molecule is Clc1cnc(N2CCC(C3CC3CCOc3ccncc3)CC2)nc1. The smallest absolute Gasteiger partial charge is 0.225 e. The molecule has 0 N–H and O–H groups in total. The summed E-state index contributed by atoms with van der Waals surface area (Å²) < 4.78 is 5.80. The summed E-state index contributed by atoms with van der Waals surface area (Å²) in [6.07, 6.45) is 11.9. The number of rotatable bonds is 6. The first-order valence-corrected chi connectivity index (χ1v) is 9.43. The summed E-state index contributed by atoms with van der Waals surface area (Å²) in [7, 11) is 0. The Morgan fingerprint density at radius 1 is 1.12 bits per heavy atom. The first kappa shape index (κ1) is 16.6. The van der Waals surface area contributed by atoms with Gasteiger partial charge in [0, 0.05) is 25.5 Å². The van der Waals surface area contributed by atoms with Gasteiger partial charge in [0.25, 0.3) is 0 Å². The molecule has 0 radical (unpaired) electrons. The molecule has 0 amide bonds. The standard InChI is InChI=1S/C19H23ClN4O/c20-16-12-22-19(23-13-16)24-8-3-14(4-9-24)18-11-15(18)5-10-25-17-1-6-21-7-2-17/h1-2,6-7,12-15,18H,3-5,8-11H2. The molecule has 2 fully saturated rings. The zero-order valence-electron chi connectivity index (χ0n) is 14.2. The van der Waals surface area contributed by atoms with E-state index in [0.29, 0.717) is 5.02 Å². The second-order valence-corrected chi connectivity index (χ2v) is 7.44. The van der Waals surface area contributed by atoms with Crippen LogP contribution in [-0.4, -0.2) is 34.6 Å². The second-order valence-electron chi connectivity index (χ2n) is 7.01. The van der Waals surface area contributed by atoms with Gasteiger partial charge in [0.15, 0.2) is 0 Å². The number of nitrogens with zero attached hydrogens (tertiary/aromatic N) is 4. The van der Waals surface area contributed by atoms with Gasteiger partial charge in [-0.1, -0.05) is 11.6 Å².